The lowest BCUT2D eigenvalue weighted by molar-refractivity contribution is -0.129. The zero-order chi connectivity index (χ0) is 20.9. The number of carbonyl (C=O) groups excluding carboxylic acids is 1. The smallest absolute Gasteiger partial charge is 0.273 e. The van der Waals surface area contributed by atoms with Crippen molar-refractivity contribution in [2.75, 3.05) is 0 Å². The third kappa shape index (κ3) is 4.27. The average Bonchev–Trinajstić information content (AvgIpc) is 3.13. The minimum absolute atomic E-state index is 0.515. The molecule has 0 fully saturated rings. The highest BCUT2D eigenvalue weighted by molar-refractivity contribution is 6.31. The van der Waals surface area contributed by atoms with Crippen molar-refractivity contribution in [3.05, 3.63) is 107 Å². The van der Waals surface area contributed by atoms with Crippen LogP contribution in [0.1, 0.15) is 22.8 Å². The van der Waals surface area contributed by atoms with Gasteiger partial charge in [-0.3, -0.25) is 4.79 Å². The molecule has 0 aliphatic rings. The van der Waals surface area contributed by atoms with Crippen LogP contribution in [0.2, 0.25) is 5.02 Å². The summed E-state index contributed by atoms with van der Waals surface area (Å²) in [7, 11) is 0. The zero-order valence-corrected chi connectivity index (χ0v) is 16.8. The minimum atomic E-state index is -1.27. The summed E-state index contributed by atoms with van der Waals surface area (Å²) in [5, 5.41) is 15.9. The van der Waals surface area contributed by atoms with Crippen molar-refractivity contribution in [2.45, 2.75) is 12.6 Å². The molecular weight excluding hydrogens is 398 g/mol. The van der Waals surface area contributed by atoms with Crippen molar-refractivity contribution < 1.29 is 9.90 Å². The summed E-state index contributed by atoms with van der Waals surface area (Å²) >= 11 is 6.32. The quantitative estimate of drug-likeness (QED) is 0.357. The van der Waals surface area contributed by atoms with Crippen molar-refractivity contribution >= 4 is 34.6 Å². The van der Waals surface area contributed by atoms with Crippen LogP contribution < -0.4 is 5.43 Å². The van der Waals surface area contributed by atoms with E-state index >= 15 is 0 Å². The summed E-state index contributed by atoms with van der Waals surface area (Å²) in [6, 6.07) is 24.4. The average molecular weight is 418 g/mol. The van der Waals surface area contributed by atoms with Gasteiger partial charge < -0.3 is 9.67 Å². The van der Waals surface area contributed by atoms with Crippen LogP contribution in [0.3, 0.4) is 0 Å². The molecule has 0 saturated heterocycles. The van der Waals surface area contributed by atoms with Crippen molar-refractivity contribution in [1.29, 1.82) is 0 Å². The van der Waals surface area contributed by atoms with E-state index in [1.807, 2.05) is 60.8 Å². The fourth-order valence-corrected chi connectivity index (χ4v) is 3.53. The van der Waals surface area contributed by atoms with Gasteiger partial charge in [0.15, 0.2) is 6.10 Å². The number of benzene rings is 3. The van der Waals surface area contributed by atoms with Crippen LogP contribution in [-0.2, 0) is 11.3 Å². The lowest BCUT2D eigenvalue weighted by Crippen LogP contribution is -2.25. The van der Waals surface area contributed by atoms with Crippen LogP contribution in [0.4, 0.5) is 0 Å². The van der Waals surface area contributed by atoms with Crippen LogP contribution >= 0.6 is 11.6 Å². The first-order valence-corrected chi connectivity index (χ1v) is 9.88. The molecule has 30 heavy (non-hydrogen) atoms. The summed E-state index contributed by atoms with van der Waals surface area (Å²) in [4.78, 5) is 12.2. The highest BCUT2D eigenvalue weighted by Crippen LogP contribution is 2.23. The van der Waals surface area contributed by atoms with E-state index in [0.29, 0.717) is 17.1 Å². The molecule has 0 radical (unpaired) electrons. The molecule has 3 aromatic carbocycles. The maximum absolute atomic E-state index is 12.2. The SMILES string of the molecule is O=C(N/N=C\c1cn(Cc2ccccc2Cl)c2ccccc12)[C@@H](O)c1ccccc1. The summed E-state index contributed by atoms with van der Waals surface area (Å²) in [5.41, 5.74) is 5.83. The molecule has 5 nitrogen and oxygen atoms in total. The molecule has 4 aromatic rings. The largest absolute Gasteiger partial charge is 0.378 e. The van der Waals surface area contributed by atoms with Crippen LogP contribution in [0.25, 0.3) is 10.9 Å². The van der Waals surface area contributed by atoms with Gasteiger partial charge in [-0.05, 0) is 23.3 Å². The maximum Gasteiger partial charge on any atom is 0.273 e. The molecule has 1 aromatic heterocycles. The molecule has 150 valence electrons. The number of hydrazone groups is 1. The molecule has 1 atom stereocenters. The number of carbonyl (C=O) groups is 1. The third-order valence-electron chi connectivity index (χ3n) is 4.86. The first kappa shape index (κ1) is 19.9. The van der Waals surface area contributed by atoms with Crippen molar-refractivity contribution in [3.63, 3.8) is 0 Å². The lowest BCUT2D eigenvalue weighted by atomic mass is 10.1. The number of rotatable bonds is 6. The van der Waals surface area contributed by atoms with E-state index in [1.165, 1.54) is 0 Å². The van der Waals surface area contributed by atoms with Gasteiger partial charge >= 0.3 is 0 Å². The van der Waals surface area contributed by atoms with Crippen LogP contribution in [0, 0.1) is 0 Å². The number of nitrogens with one attached hydrogen (secondary N) is 1. The van der Waals surface area contributed by atoms with Crippen molar-refractivity contribution in [1.82, 2.24) is 9.99 Å². The molecule has 1 heterocycles. The first-order valence-electron chi connectivity index (χ1n) is 9.50. The Labute approximate surface area is 179 Å². The summed E-state index contributed by atoms with van der Waals surface area (Å²) < 4.78 is 2.10. The number of aliphatic hydroxyl groups is 1. The number of aliphatic hydroxyl groups excluding tert-OH is 1. The van der Waals surface area contributed by atoms with E-state index in [2.05, 4.69) is 15.1 Å². The number of para-hydroxylation sites is 1. The molecular formula is C24H20ClN3O2. The number of aromatic nitrogens is 1. The Morgan fingerprint density at radius 1 is 1.03 bits per heavy atom. The van der Waals surface area contributed by atoms with Gasteiger partial charge in [0.2, 0.25) is 0 Å². The van der Waals surface area contributed by atoms with Gasteiger partial charge in [0.1, 0.15) is 0 Å². The van der Waals surface area contributed by atoms with E-state index in [4.69, 9.17) is 11.6 Å². The maximum atomic E-state index is 12.2. The van der Waals surface area contributed by atoms with Gasteiger partial charge in [-0.25, -0.2) is 5.43 Å². The van der Waals surface area contributed by atoms with Gasteiger partial charge in [0.25, 0.3) is 5.91 Å². The Hall–Kier alpha value is -3.41. The van der Waals surface area contributed by atoms with Gasteiger partial charge in [-0.1, -0.05) is 78.3 Å². The molecule has 0 bridgehead atoms. The fourth-order valence-electron chi connectivity index (χ4n) is 3.33. The molecule has 4 rings (SSSR count). The van der Waals surface area contributed by atoms with E-state index in [1.54, 1.807) is 30.5 Å². The monoisotopic (exact) mass is 417 g/mol. The van der Waals surface area contributed by atoms with Crippen LogP contribution in [-0.4, -0.2) is 21.8 Å². The lowest BCUT2D eigenvalue weighted by Gasteiger charge is -2.08. The number of halogens is 1. The standard InChI is InChI=1S/C24H20ClN3O2/c25-21-12-6-4-10-18(21)15-28-16-19(20-11-5-7-13-22(20)28)14-26-27-24(30)23(29)17-8-2-1-3-9-17/h1-14,16,23,29H,15H2,(H,27,30)/b26-14-/t23-/m0/s1. The Kier molecular flexibility index (Phi) is 5.93. The van der Waals surface area contributed by atoms with Gasteiger partial charge in [-0.15, -0.1) is 0 Å². The molecule has 0 aliphatic carbocycles. The predicted molar refractivity (Wildman–Crippen MR) is 120 cm³/mol. The second-order valence-electron chi connectivity index (χ2n) is 6.87. The third-order valence-corrected chi connectivity index (χ3v) is 5.23. The van der Waals surface area contributed by atoms with Crippen LogP contribution in [0.15, 0.2) is 90.2 Å². The normalized spacial score (nSPS) is 12.3. The number of nitrogens with zero attached hydrogens (tertiary/aromatic N) is 2. The highest BCUT2D eigenvalue weighted by Gasteiger charge is 2.16. The van der Waals surface area contributed by atoms with Gasteiger partial charge in [0, 0.05) is 34.2 Å². The summed E-state index contributed by atoms with van der Waals surface area (Å²) in [5.74, 6) is -0.586. The Morgan fingerprint density at radius 2 is 1.73 bits per heavy atom. The minimum Gasteiger partial charge on any atom is -0.378 e. The molecule has 0 spiro atoms. The predicted octanol–water partition coefficient (Wildman–Crippen LogP) is 4.53. The second kappa shape index (κ2) is 8.95. The number of hydrogen-bond donors (Lipinski definition) is 2. The molecule has 0 saturated carbocycles. The summed E-state index contributed by atoms with van der Waals surface area (Å²) in [6.45, 7) is 0.618. The zero-order valence-electron chi connectivity index (χ0n) is 16.1. The van der Waals surface area contributed by atoms with E-state index in [9.17, 15) is 9.90 Å². The molecule has 6 heteroatoms. The Balaban J connectivity index is 1.54. The topological polar surface area (TPSA) is 66.6 Å². The molecule has 0 aliphatic heterocycles. The van der Waals surface area contributed by atoms with E-state index in [-0.39, 0.29) is 0 Å². The molecule has 1 amide bonds. The van der Waals surface area contributed by atoms with Gasteiger partial charge in [-0.2, -0.15) is 5.10 Å². The highest BCUT2D eigenvalue weighted by atomic mass is 35.5. The van der Waals surface area contributed by atoms with E-state index in [0.717, 1.165) is 22.0 Å². The Morgan fingerprint density at radius 3 is 2.53 bits per heavy atom. The fraction of sp³-hybridized carbons (Fsp3) is 0.0833. The number of fused-ring (bicyclic) bond motifs is 1. The first-order chi connectivity index (χ1) is 14.6. The molecule has 2 N–H and O–H groups in total. The summed E-state index contributed by atoms with van der Waals surface area (Å²) in [6.07, 6.45) is 2.28. The Bertz CT molecular complexity index is 1200. The number of amides is 1. The van der Waals surface area contributed by atoms with E-state index < -0.39 is 12.0 Å². The van der Waals surface area contributed by atoms with Crippen molar-refractivity contribution in [2.24, 2.45) is 5.10 Å². The van der Waals surface area contributed by atoms with Crippen molar-refractivity contribution in [3.8, 4) is 0 Å². The number of hydrogen-bond acceptors (Lipinski definition) is 3. The second-order valence-corrected chi connectivity index (χ2v) is 7.28. The van der Waals surface area contributed by atoms with Crippen LogP contribution in [0.5, 0.6) is 0 Å². The van der Waals surface area contributed by atoms with Gasteiger partial charge in [0.05, 0.1) is 6.21 Å². The molecule has 0 unspecified atom stereocenters.